The molecule has 2 aliphatic heterocycles. The van der Waals surface area contributed by atoms with Crippen LogP contribution >= 0.6 is 0 Å². The lowest BCUT2D eigenvalue weighted by Crippen LogP contribution is -2.42. The average Bonchev–Trinajstić information content (AvgIpc) is 2.89. The molecule has 1 aromatic carbocycles. The number of anilines is 1. The topological polar surface area (TPSA) is 101 Å². The van der Waals surface area contributed by atoms with Crippen molar-refractivity contribution in [1.29, 1.82) is 0 Å². The molecule has 0 N–H and O–H groups in total. The molecular formula is C20H16N2O6. The Bertz CT molecular complexity index is 962. The molecular weight excluding hydrogens is 364 g/mol. The highest BCUT2D eigenvalue weighted by molar-refractivity contribution is 6.28. The van der Waals surface area contributed by atoms with Crippen molar-refractivity contribution in [2.75, 3.05) is 4.90 Å². The van der Waals surface area contributed by atoms with Crippen molar-refractivity contribution < 1.29 is 28.8 Å². The Labute approximate surface area is 159 Å². The fourth-order valence-electron chi connectivity index (χ4n) is 4.68. The van der Waals surface area contributed by atoms with E-state index in [1.54, 1.807) is 12.1 Å². The van der Waals surface area contributed by atoms with Crippen molar-refractivity contribution in [2.24, 2.45) is 5.41 Å². The molecule has 2 atom stereocenters. The number of hydrogen-bond acceptors (Lipinski definition) is 6. The minimum Gasteiger partial charge on any atom is -0.330 e. The van der Waals surface area contributed by atoms with E-state index in [0.29, 0.717) is 23.6 Å². The molecule has 2 heterocycles. The maximum Gasteiger partial charge on any atom is 0.340 e. The van der Waals surface area contributed by atoms with Gasteiger partial charge < -0.3 is 4.84 Å². The lowest BCUT2D eigenvalue weighted by molar-refractivity contribution is -0.204. The molecule has 2 aliphatic carbocycles. The first-order valence-corrected chi connectivity index (χ1v) is 9.13. The normalized spacial score (nSPS) is 30.6. The Morgan fingerprint density at radius 2 is 1.50 bits per heavy atom. The van der Waals surface area contributed by atoms with Crippen molar-refractivity contribution >= 4 is 35.3 Å². The molecule has 0 radical (unpaired) electrons. The van der Waals surface area contributed by atoms with Gasteiger partial charge in [0.15, 0.2) is 0 Å². The summed E-state index contributed by atoms with van der Waals surface area (Å²) in [6.07, 6.45) is 4.61. The molecule has 2 saturated carbocycles. The summed E-state index contributed by atoms with van der Waals surface area (Å²) in [6, 6.07) is 7.00. The molecule has 0 aromatic heterocycles. The number of nitrogens with zero attached hydrogens (tertiary/aromatic N) is 2. The highest BCUT2D eigenvalue weighted by Gasteiger charge is 2.79. The molecule has 0 spiro atoms. The fraction of sp³-hybridized carbons (Fsp3) is 0.350. The van der Waals surface area contributed by atoms with E-state index in [9.17, 15) is 24.0 Å². The Morgan fingerprint density at radius 1 is 0.893 bits per heavy atom. The summed E-state index contributed by atoms with van der Waals surface area (Å²) in [5.74, 6) is -2.29. The summed E-state index contributed by atoms with van der Waals surface area (Å²) < 4.78 is 0. The average molecular weight is 380 g/mol. The van der Waals surface area contributed by atoms with Crippen LogP contribution in [0.2, 0.25) is 0 Å². The summed E-state index contributed by atoms with van der Waals surface area (Å²) in [5.41, 5.74) is 0.316. The monoisotopic (exact) mass is 380 g/mol. The third-order valence-corrected chi connectivity index (χ3v) is 6.43. The van der Waals surface area contributed by atoms with Crippen LogP contribution in [0, 0.1) is 5.41 Å². The van der Waals surface area contributed by atoms with Crippen molar-refractivity contribution in [3.05, 3.63) is 42.0 Å². The molecule has 2 unspecified atom stereocenters. The highest BCUT2D eigenvalue weighted by atomic mass is 16.7. The number of hydrogen-bond donors (Lipinski definition) is 0. The summed E-state index contributed by atoms with van der Waals surface area (Å²) in [6.45, 7) is 0. The molecule has 1 saturated heterocycles. The van der Waals surface area contributed by atoms with Gasteiger partial charge in [0.1, 0.15) is 0 Å². The van der Waals surface area contributed by atoms with Gasteiger partial charge in [0.25, 0.3) is 23.6 Å². The predicted octanol–water partition coefficient (Wildman–Crippen LogP) is 1.14. The number of amides is 4. The molecule has 8 heteroatoms. The molecule has 5 rings (SSSR count). The van der Waals surface area contributed by atoms with E-state index in [-0.39, 0.29) is 30.1 Å². The van der Waals surface area contributed by atoms with Gasteiger partial charge in [-0.25, -0.2) is 9.69 Å². The number of hydroxylamine groups is 2. The minimum atomic E-state index is -0.710. The molecule has 1 aromatic rings. The Kier molecular flexibility index (Phi) is 3.23. The van der Waals surface area contributed by atoms with Crippen LogP contribution in [0.25, 0.3) is 0 Å². The van der Waals surface area contributed by atoms with Gasteiger partial charge in [-0.2, -0.15) is 0 Å². The Hall–Kier alpha value is -3.29. The molecule has 142 valence electrons. The number of carbonyl (C=O) groups excluding carboxylic acids is 5. The lowest BCUT2D eigenvalue weighted by Gasteiger charge is -2.34. The van der Waals surface area contributed by atoms with Gasteiger partial charge in [-0.15, -0.1) is 5.06 Å². The van der Waals surface area contributed by atoms with Gasteiger partial charge in [-0.3, -0.25) is 19.2 Å². The second-order valence-electron chi connectivity index (χ2n) is 7.69. The first kappa shape index (κ1) is 16.9. The van der Waals surface area contributed by atoms with Gasteiger partial charge in [0, 0.05) is 30.4 Å². The highest BCUT2D eigenvalue weighted by Crippen LogP contribution is 2.78. The van der Waals surface area contributed by atoms with Crippen molar-refractivity contribution in [2.45, 2.75) is 37.5 Å². The number of rotatable bonds is 4. The summed E-state index contributed by atoms with van der Waals surface area (Å²) in [4.78, 5) is 65.9. The maximum absolute atomic E-state index is 12.7. The SMILES string of the molecule is O=C1CCC(=O)N1OC(=O)C12CCC1(c1ccc(N3C(=O)C=CC3=O)cc1)C2. The fourth-order valence-corrected chi connectivity index (χ4v) is 4.68. The van der Waals surface area contributed by atoms with Crippen LogP contribution in [0.1, 0.15) is 37.7 Å². The molecule has 3 fully saturated rings. The molecule has 4 aliphatic rings. The van der Waals surface area contributed by atoms with Gasteiger partial charge in [-0.1, -0.05) is 12.1 Å². The smallest absolute Gasteiger partial charge is 0.330 e. The standard InChI is InChI=1S/C20H16N2O6/c23-14-5-6-15(24)21(14)13-3-1-12(2-4-13)19-9-10-20(19,11-19)18(27)28-22-16(25)7-8-17(22)26/h1-6H,7-11H2. The van der Waals surface area contributed by atoms with Crippen molar-refractivity contribution in [1.82, 2.24) is 5.06 Å². The van der Waals surface area contributed by atoms with E-state index >= 15 is 0 Å². The second-order valence-corrected chi connectivity index (χ2v) is 7.69. The van der Waals surface area contributed by atoms with E-state index in [2.05, 4.69) is 0 Å². The number of fused-ring (bicyclic) bond motifs is 1. The predicted molar refractivity (Wildman–Crippen MR) is 93.2 cm³/mol. The third-order valence-electron chi connectivity index (χ3n) is 6.43. The van der Waals surface area contributed by atoms with Gasteiger partial charge >= 0.3 is 5.97 Å². The van der Waals surface area contributed by atoms with Crippen LogP contribution in [0.5, 0.6) is 0 Å². The third kappa shape index (κ3) is 2.02. The zero-order valence-corrected chi connectivity index (χ0v) is 14.8. The summed E-state index contributed by atoms with van der Waals surface area (Å²) >= 11 is 0. The quantitative estimate of drug-likeness (QED) is 0.726. The van der Waals surface area contributed by atoms with Gasteiger partial charge in [-0.05, 0) is 37.0 Å². The molecule has 4 amide bonds. The Balaban J connectivity index is 1.34. The first-order valence-electron chi connectivity index (χ1n) is 9.13. The number of benzene rings is 1. The van der Waals surface area contributed by atoms with E-state index in [4.69, 9.17) is 4.84 Å². The van der Waals surface area contributed by atoms with E-state index < -0.39 is 23.2 Å². The van der Waals surface area contributed by atoms with E-state index in [1.165, 1.54) is 12.2 Å². The first-order chi connectivity index (χ1) is 13.4. The van der Waals surface area contributed by atoms with Crippen molar-refractivity contribution in [3.8, 4) is 0 Å². The summed E-state index contributed by atoms with van der Waals surface area (Å²) in [7, 11) is 0. The largest absolute Gasteiger partial charge is 0.340 e. The zero-order valence-electron chi connectivity index (χ0n) is 14.8. The number of imide groups is 2. The number of carbonyl (C=O) groups is 5. The van der Waals surface area contributed by atoms with Crippen LogP contribution in [0.4, 0.5) is 5.69 Å². The van der Waals surface area contributed by atoms with Gasteiger partial charge in [0.05, 0.1) is 11.1 Å². The van der Waals surface area contributed by atoms with Crippen LogP contribution in [0.3, 0.4) is 0 Å². The Morgan fingerprint density at radius 3 is 2.04 bits per heavy atom. The van der Waals surface area contributed by atoms with Gasteiger partial charge in [0.2, 0.25) is 0 Å². The minimum absolute atomic E-state index is 0.0640. The van der Waals surface area contributed by atoms with Crippen LogP contribution < -0.4 is 4.90 Å². The van der Waals surface area contributed by atoms with E-state index in [1.807, 2.05) is 12.1 Å². The van der Waals surface area contributed by atoms with Crippen LogP contribution in [0.15, 0.2) is 36.4 Å². The molecule has 0 bridgehead atoms. The van der Waals surface area contributed by atoms with Crippen LogP contribution in [-0.2, 0) is 34.2 Å². The molecule has 8 nitrogen and oxygen atoms in total. The summed E-state index contributed by atoms with van der Waals surface area (Å²) in [5, 5.41) is 0.596. The zero-order chi connectivity index (χ0) is 19.7. The second kappa shape index (κ2) is 5.37. The lowest BCUT2D eigenvalue weighted by atomic mass is 9.70. The van der Waals surface area contributed by atoms with Crippen LogP contribution in [-0.4, -0.2) is 34.7 Å². The van der Waals surface area contributed by atoms with E-state index in [0.717, 1.165) is 16.9 Å². The molecule has 28 heavy (non-hydrogen) atoms. The van der Waals surface area contributed by atoms with Crippen molar-refractivity contribution in [3.63, 3.8) is 0 Å². The maximum atomic E-state index is 12.7.